The van der Waals surface area contributed by atoms with Crippen LogP contribution in [0.1, 0.15) is 46.0 Å². The Bertz CT molecular complexity index is 728. The first kappa shape index (κ1) is 17.9. The summed E-state index contributed by atoms with van der Waals surface area (Å²) in [7, 11) is 1.56. The van der Waals surface area contributed by atoms with Gasteiger partial charge in [-0.3, -0.25) is 9.59 Å². The van der Waals surface area contributed by atoms with Crippen LogP contribution in [0.3, 0.4) is 0 Å². The predicted octanol–water partition coefficient (Wildman–Crippen LogP) is 1.74. The molecule has 3 saturated carbocycles. The number of carbonyl (C=O) groups excluding carboxylic acids is 2. The van der Waals surface area contributed by atoms with E-state index >= 15 is 0 Å². The van der Waals surface area contributed by atoms with Crippen LogP contribution in [0.15, 0.2) is 23.8 Å². The molecule has 0 aromatic heterocycles. The fourth-order valence-electron chi connectivity index (χ4n) is 6.91. The summed E-state index contributed by atoms with van der Waals surface area (Å²) >= 11 is 0. The van der Waals surface area contributed by atoms with Crippen LogP contribution in [0.2, 0.25) is 0 Å². The van der Waals surface area contributed by atoms with Gasteiger partial charge in [0.2, 0.25) is 0 Å². The Hall–Kier alpha value is -1.46. The van der Waals surface area contributed by atoms with Crippen LogP contribution in [0.5, 0.6) is 0 Å². The number of ketones is 1. The number of hydrogen-bond donors (Lipinski definition) is 3. The van der Waals surface area contributed by atoms with Gasteiger partial charge in [0.15, 0.2) is 5.78 Å². The molecule has 0 aromatic rings. The third-order valence-corrected chi connectivity index (χ3v) is 8.25. The molecule has 7 atom stereocenters. The smallest absolute Gasteiger partial charge is 0.252 e. The molecule has 0 aliphatic heterocycles. The van der Waals surface area contributed by atoms with Crippen molar-refractivity contribution in [1.29, 1.82) is 0 Å². The highest BCUT2D eigenvalue weighted by molar-refractivity contribution is 6.01. The van der Waals surface area contributed by atoms with E-state index in [1.165, 1.54) is 0 Å². The molecule has 0 unspecified atom stereocenters. The maximum atomic E-state index is 12.5. The Balaban J connectivity index is 1.75. The molecule has 142 valence electrons. The lowest BCUT2D eigenvalue weighted by Crippen LogP contribution is -2.62. The van der Waals surface area contributed by atoms with E-state index in [0.29, 0.717) is 12.8 Å². The molecule has 26 heavy (non-hydrogen) atoms. The molecular weight excluding hydrogens is 330 g/mol. The van der Waals surface area contributed by atoms with Crippen molar-refractivity contribution in [2.75, 3.05) is 7.05 Å². The van der Waals surface area contributed by atoms with Gasteiger partial charge in [0, 0.05) is 23.8 Å². The average molecular weight is 359 g/mol. The van der Waals surface area contributed by atoms with Crippen molar-refractivity contribution >= 4 is 11.7 Å². The Morgan fingerprint density at radius 1 is 1.31 bits per heavy atom. The second-order valence-electron chi connectivity index (χ2n) is 9.19. The summed E-state index contributed by atoms with van der Waals surface area (Å²) in [6.07, 6.45) is 8.13. The van der Waals surface area contributed by atoms with Crippen molar-refractivity contribution in [1.82, 2.24) is 5.32 Å². The topological polar surface area (TPSA) is 86.6 Å². The van der Waals surface area contributed by atoms with Crippen molar-refractivity contribution in [3.8, 4) is 0 Å². The van der Waals surface area contributed by atoms with Crippen molar-refractivity contribution in [3.05, 3.63) is 23.8 Å². The summed E-state index contributed by atoms with van der Waals surface area (Å²) in [5, 5.41) is 25.1. The normalized spacial score (nSPS) is 49.7. The van der Waals surface area contributed by atoms with Gasteiger partial charge in [-0.15, -0.1) is 0 Å². The van der Waals surface area contributed by atoms with Crippen molar-refractivity contribution < 1.29 is 19.8 Å². The van der Waals surface area contributed by atoms with E-state index in [4.69, 9.17) is 0 Å². The zero-order chi connectivity index (χ0) is 18.9. The van der Waals surface area contributed by atoms with E-state index in [-0.39, 0.29) is 34.9 Å². The third-order valence-electron chi connectivity index (χ3n) is 8.25. The minimum Gasteiger partial charge on any atom is -0.393 e. The average Bonchev–Trinajstić information content (AvgIpc) is 2.86. The van der Waals surface area contributed by atoms with Crippen LogP contribution in [0, 0.1) is 28.6 Å². The molecule has 5 heteroatoms. The Labute approximate surface area is 154 Å². The zero-order valence-electron chi connectivity index (χ0n) is 15.8. The minimum absolute atomic E-state index is 0.0250. The van der Waals surface area contributed by atoms with Gasteiger partial charge >= 0.3 is 0 Å². The summed E-state index contributed by atoms with van der Waals surface area (Å²) in [4.78, 5) is 24.3. The van der Waals surface area contributed by atoms with Crippen LogP contribution in [-0.4, -0.2) is 40.7 Å². The van der Waals surface area contributed by atoms with Gasteiger partial charge in [0.05, 0.1) is 6.10 Å². The number of rotatable bonds is 1. The van der Waals surface area contributed by atoms with Crippen LogP contribution in [-0.2, 0) is 9.59 Å². The molecule has 0 radical (unpaired) electrons. The lowest BCUT2D eigenvalue weighted by atomic mass is 9.46. The number of nitrogens with one attached hydrogen (secondary N) is 1. The molecule has 0 aromatic carbocycles. The van der Waals surface area contributed by atoms with Gasteiger partial charge in [0.1, 0.15) is 5.60 Å². The molecule has 1 amide bonds. The molecule has 4 rings (SSSR count). The number of aliphatic hydroxyl groups is 2. The first-order valence-electron chi connectivity index (χ1n) is 9.74. The number of aliphatic hydroxyl groups excluding tert-OH is 1. The number of carbonyl (C=O) groups is 2. The highest BCUT2D eigenvalue weighted by Crippen LogP contribution is 2.66. The molecule has 0 spiro atoms. The van der Waals surface area contributed by atoms with E-state index < -0.39 is 17.1 Å². The summed E-state index contributed by atoms with van der Waals surface area (Å²) in [6, 6.07) is 0. The highest BCUT2D eigenvalue weighted by Gasteiger charge is 2.68. The predicted molar refractivity (Wildman–Crippen MR) is 97.0 cm³/mol. The molecule has 4 aliphatic carbocycles. The van der Waals surface area contributed by atoms with Crippen LogP contribution >= 0.6 is 0 Å². The SMILES string of the molecule is CNC(=O)[C@@]1(O)CC[C@H]2[C@@H]3CCC4=CC(=O)C=C[C@]4(C)[C@H]3[C@@H](O)C[C@@]21C. The second kappa shape index (κ2) is 5.52. The summed E-state index contributed by atoms with van der Waals surface area (Å²) in [5.74, 6) is 0.154. The van der Waals surface area contributed by atoms with Crippen LogP contribution in [0.4, 0.5) is 0 Å². The lowest BCUT2D eigenvalue weighted by molar-refractivity contribution is -0.178. The number of likely N-dealkylation sites (N-methyl/N-ethyl adjacent to an activating group) is 1. The van der Waals surface area contributed by atoms with E-state index in [1.807, 2.05) is 13.0 Å². The van der Waals surface area contributed by atoms with Gasteiger partial charge < -0.3 is 15.5 Å². The summed E-state index contributed by atoms with van der Waals surface area (Å²) in [5.41, 5.74) is -1.24. The van der Waals surface area contributed by atoms with Crippen LogP contribution in [0.25, 0.3) is 0 Å². The molecule has 3 N–H and O–H groups in total. The first-order chi connectivity index (χ1) is 12.2. The van der Waals surface area contributed by atoms with Crippen LogP contribution < -0.4 is 5.32 Å². The van der Waals surface area contributed by atoms with Gasteiger partial charge in [-0.2, -0.15) is 0 Å². The minimum atomic E-state index is -1.42. The lowest BCUT2D eigenvalue weighted by Gasteiger charge is -2.59. The number of hydrogen-bond acceptors (Lipinski definition) is 4. The quantitative estimate of drug-likeness (QED) is 0.666. The number of fused-ring (bicyclic) bond motifs is 5. The maximum Gasteiger partial charge on any atom is 0.252 e. The van der Waals surface area contributed by atoms with Crippen molar-refractivity contribution in [2.24, 2.45) is 28.6 Å². The van der Waals surface area contributed by atoms with Gasteiger partial charge in [0.25, 0.3) is 5.91 Å². The first-order valence-corrected chi connectivity index (χ1v) is 9.74. The number of allylic oxidation sites excluding steroid dienone is 4. The fraction of sp³-hybridized carbons (Fsp3) is 0.714. The third kappa shape index (κ3) is 2.04. The molecule has 0 saturated heterocycles. The number of amides is 1. The highest BCUT2D eigenvalue weighted by atomic mass is 16.3. The van der Waals surface area contributed by atoms with E-state index in [0.717, 1.165) is 24.8 Å². The molecular formula is C21H29NO4. The fourth-order valence-corrected chi connectivity index (χ4v) is 6.91. The van der Waals surface area contributed by atoms with E-state index in [2.05, 4.69) is 12.2 Å². The molecule has 0 bridgehead atoms. The van der Waals surface area contributed by atoms with Crippen molar-refractivity contribution in [2.45, 2.75) is 57.7 Å². The summed E-state index contributed by atoms with van der Waals surface area (Å²) < 4.78 is 0. The Morgan fingerprint density at radius 2 is 2.04 bits per heavy atom. The van der Waals surface area contributed by atoms with E-state index in [1.54, 1.807) is 19.2 Å². The second-order valence-corrected chi connectivity index (χ2v) is 9.19. The molecule has 5 nitrogen and oxygen atoms in total. The Morgan fingerprint density at radius 3 is 2.73 bits per heavy atom. The summed E-state index contributed by atoms with van der Waals surface area (Å²) in [6.45, 7) is 4.11. The molecule has 4 aliphatic rings. The van der Waals surface area contributed by atoms with Gasteiger partial charge in [-0.1, -0.05) is 25.5 Å². The zero-order valence-corrected chi connectivity index (χ0v) is 15.8. The van der Waals surface area contributed by atoms with Crippen molar-refractivity contribution in [3.63, 3.8) is 0 Å². The monoisotopic (exact) mass is 359 g/mol. The largest absolute Gasteiger partial charge is 0.393 e. The standard InChI is InChI=1S/C21H29NO4/c1-19-8-6-13(23)10-12(19)4-5-14-15-7-9-21(26,18(25)22-3)20(15,2)11-16(24)17(14)19/h6,8,10,14-17,24,26H,4-5,7,9,11H2,1-3H3,(H,22,25)/t14-,15-,16-,17+,19-,20-,21-/m0/s1. The Kier molecular flexibility index (Phi) is 3.81. The molecule has 0 heterocycles. The van der Waals surface area contributed by atoms with E-state index in [9.17, 15) is 19.8 Å². The van der Waals surface area contributed by atoms with Gasteiger partial charge in [-0.25, -0.2) is 0 Å². The van der Waals surface area contributed by atoms with Gasteiger partial charge in [-0.05, 0) is 56.1 Å². The maximum absolute atomic E-state index is 12.5. The molecule has 3 fully saturated rings.